The molecule has 90 valence electrons. The van der Waals surface area contributed by atoms with Crippen molar-refractivity contribution in [3.8, 4) is 5.75 Å². The molecule has 1 aromatic rings. The number of nitrogens with two attached hydrogens (primary N) is 1. The van der Waals surface area contributed by atoms with Crippen molar-refractivity contribution in [2.75, 3.05) is 24.7 Å². The quantitative estimate of drug-likeness (QED) is 0.668. The topological polar surface area (TPSA) is 67.5 Å². The second kappa shape index (κ2) is 5.07. The van der Waals surface area contributed by atoms with Crippen molar-refractivity contribution >= 4 is 11.4 Å². The van der Waals surface area contributed by atoms with Gasteiger partial charge in [0.15, 0.2) is 0 Å². The first-order chi connectivity index (χ1) is 7.48. The van der Waals surface area contributed by atoms with Crippen LogP contribution in [0.15, 0.2) is 18.2 Å². The zero-order valence-corrected chi connectivity index (χ0v) is 10.1. The average Bonchev–Trinajstić information content (AvgIpc) is 2.28. The molecular formula is C12H20N2O2. The van der Waals surface area contributed by atoms with E-state index < -0.39 is 5.60 Å². The van der Waals surface area contributed by atoms with Crippen molar-refractivity contribution in [3.05, 3.63) is 18.2 Å². The molecule has 0 spiro atoms. The summed E-state index contributed by atoms with van der Waals surface area (Å²) in [6.07, 6.45) is 0.701. The Balaban J connectivity index is 2.68. The van der Waals surface area contributed by atoms with Crippen molar-refractivity contribution in [3.63, 3.8) is 0 Å². The molecule has 0 radical (unpaired) electrons. The summed E-state index contributed by atoms with van der Waals surface area (Å²) in [5, 5.41) is 13.0. The number of nitrogen functional groups attached to an aromatic ring is 1. The van der Waals surface area contributed by atoms with Gasteiger partial charge < -0.3 is 20.9 Å². The van der Waals surface area contributed by atoms with Crippen molar-refractivity contribution in [1.82, 2.24) is 0 Å². The molecule has 0 aliphatic rings. The maximum Gasteiger partial charge on any atom is 0.143 e. The highest BCUT2D eigenvalue weighted by atomic mass is 16.5. The van der Waals surface area contributed by atoms with Gasteiger partial charge in [0.1, 0.15) is 5.75 Å². The highest BCUT2D eigenvalue weighted by Gasteiger charge is 2.16. The summed E-state index contributed by atoms with van der Waals surface area (Å²) in [7, 11) is 1.58. The fourth-order valence-electron chi connectivity index (χ4n) is 1.24. The van der Waals surface area contributed by atoms with E-state index in [1.165, 1.54) is 0 Å². The number of aliphatic hydroxyl groups is 1. The lowest BCUT2D eigenvalue weighted by atomic mass is 10.0. The Morgan fingerprint density at radius 1 is 1.50 bits per heavy atom. The lowest BCUT2D eigenvalue weighted by molar-refractivity contribution is 0.0697. The summed E-state index contributed by atoms with van der Waals surface area (Å²) >= 11 is 0. The van der Waals surface area contributed by atoms with Crippen LogP contribution in [0.5, 0.6) is 5.75 Å². The SMILES string of the molecule is CCC(C)(O)CNc1ccc(N)c(OC)c1. The summed E-state index contributed by atoms with van der Waals surface area (Å²) in [5.41, 5.74) is 6.50. The first-order valence-corrected chi connectivity index (χ1v) is 5.38. The largest absolute Gasteiger partial charge is 0.495 e. The fraction of sp³-hybridized carbons (Fsp3) is 0.500. The Morgan fingerprint density at radius 2 is 2.19 bits per heavy atom. The van der Waals surface area contributed by atoms with Crippen molar-refractivity contribution < 1.29 is 9.84 Å². The number of nitrogens with one attached hydrogen (secondary N) is 1. The van der Waals surface area contributed by atoms with Gasteiger partial charge in [0.05, 0.1) is 18.4 Å². The zero-order valence-electron chi connectivity index (χ0n) is 10.1. The first kappa shape index (κ1) is 12.6. The third kappa shape index (κ3) is 3.31. The molecule has 4 N–H and O–H groups in total. The molecular weight excluding hydrogens is 204 g/mol. The van der Waals surface area contributed by atoms with E-state index in [4.69, 9.17) is 10.5 Å². The summed E-state index contributed by atoms with van der Waals surface area (Å²) in [6, 6.07) is 5.46. The highest BCUT2D eigenvalue weighted by molar-refractivity contribution is 5.61. The second-order valence-electron chi connectivity index (χ2n) is 4.16. The number of methoxy groups -OCH3 is 1. The highest BCUT2D eigenvalue weighted by Crippen LogP contribution is 2.25. The Morgan fingerprint density at radius 3 is 2.75 bits per heavy atom. The van der Waals surface area contributed by atoms with Crippen LogP contribution in [-0.4, -0.2) is 24.4 Å². The van der Waals surface area contributed by atoms with Crippen LogP contribution < -0.4 is 15.8 Å². The molecule has 1 atom stereocenters. The minimum atomic E-state index is -0.700. The predicted octanol–water partition coefficient (Wildman–Crippen LogP) is 1.85. The van der Waals surface area contributed by atoms with Crippen LogP contribution in [-0.2, 0) is 0 Å². The summed E-state index contributed by atoms with van der Waals surface area (Å²) < 4.78 is 5.12. The third-order valence-electron chi connectivity index (χ3n) is 2.67. The van der Waals surface area contributed by atoms with Gasteiger partial charge >= 0.3 is 0 Å². The van der Waals surface area contributed by atoms with Gasteiger partial charge in [-0.2, -0.15) is 0 Å². The van der Waals surface area contributed by atoms with Gasteiger partial charge in [-0.25, -0.2) is 0 Å². The van der Waals surface area contributed by atoms with E-state index in [0.29, 0.717) is 24.4 Å². The van der Waals surface area contributed by atoms with Gasteiger partial charge in [0, 0.05) is 18.3 Å². The molecule has 4 heteroatoms. The Labute approximate surface area is 96.4 Å². The minimum Gasteiger partial charge on any atom is -0.495 e. The van der Waals surface area contributed by atoms with Crippen molar-refractivity contribution in [2.24, 2.45) is 0 Å². The summed E-state index contributed by atoms with van der Waals surface area (Å²) in [6.45, 7) is 4.25. The monoisotopic (exact) mass is 224 g/mol. The third-order valence-corrected chi connectivity index (χ3v) is 2.67. The molecule has 1 aromatic carbocycles. The molecule has 0 heterocycles. The fourth-order valence-corrected chi connectivity index (χ4v) is 1.24. The van der Waals surface area contributed by atoms with Gasteiger partial charge in [-0.1, -0.05) is 6.92 Å². The summed E-state index contributed by atoms with van der Waals surface area (Å²) in [5.74, 6) is 0.640. The van der Waals surface area contributed by atoms with Crippen LogP contribution in [0.25, 0.3) is 0 Å². The molecule has 0 saturated carbocycles. The van der Waals surface area contributed by atoms with E-state index in [1.807, 2.05) is 19.1 Å². The second-order valence-corrected chi connectivity index (χ2v) is 4.16. The Hall–Kier alpha value is -1.42. The molecule has 0 aliphatic heterocycles. The van der Waals surface area contributed by atoms with Crippen LogP contribution in [0, 0.1) is 0 Å². The van der Waals surface area contributed by atoms with E-state index in [-0.39, 0.29) is 0 Å². The zero-order chi connectivity index (χ0) is 12.2. The predicted molar refractivity (Wildman–Crippen MR) is 66.8 cm³/mol. The molecule has 0 fully saturated rings. The van der Waals surface area contributed by atoms with Crippen LogP contribution in [0.1, 0.15) is 20.3 Å². The molecule has 1 rings (SSSR count). The molecule has 0 aromatic heterocycles. The Bertz CT molecular complexity index is 351. The Kier molecular flexibility index (Phi) is 4.01. The molecule has 0 amide bonds. The van der Waals surface area contributed by atoms with Crippen LogP contribution in [0.2, 0.25) is 0 Å². The number of hydrogen-bond donors (Lipinski definition) is 3. The first-order valence-electron chi connectivity index (χ1n) is 5.38. The number of rotatable bonds is 5. The lowest BCUT2D eigenvalue weighted by Gasteiger charge is -2.22. The molecule has 1 unspecified atom stereocenters. The number of anilines is 2. The smallest absolute Gasteiger partial charge is 0.143 e. The van der Waals surface area contributed by atoms with Crippen LogP contribution >= 0.6 is 0 Å². The normalized spacial score (nSPS) is 14.2. The van der Waals surface area contributed by atoms with E-state index in [1.54, 1.807) is 20.1 Å². The molecule has 0 bridgehead atoms. The summed E-state index contributed by atoms with van der Waals surface area (Å²) in [4.78, 5) is 0. The van der Waals surface area contributed by atoms with Gasteiger partial charge in [0.25, 0.3) is 0 Å². The van der Waals surface area contributed by atoms with Gasteiger partial charge in [0.2, 0.25) is 0 Å². The molecule has 0 aliphatic carbocycles. The van der Waals surface area contributed by atoms with Crippen molar-refractivity contribution in [1.29, 1.82) is 0 Å². The number of benzene rings is 1. The standard InChI is InChI=1S/C12H20N2O2/c1-4-12(2,15)8-14-9-5-6-10(13)11(7-9)16-3/h5-7,14-15H,4,8,13H2,1-3H3. The van der Waals surface area contributed by atoms with E-state index in [0.717, 1.165) is 5.69 Å². The maximum atomic E-state index is 9.85. The minimum absolute atomic E-state index is 0.497. The van der Waals surface area contributed by atoms with Crippen molar-refractivity contribution in [2.45, 2.75) is 25.9 Å². The lowest BCUT2D eigenvalue weighted by Crippen LogP contribution is -2.32. The van der Waals surface area contributed by atoms with E-state index >= 15 is 0 Å². The molecule has 0 saturated heterocycles. The van der Waals surface area contributed by atoms with Gasteiger partial charge in [-0.3, -0.25) is 0 Å². The maximum absolute atomic E-state index is 9.85. The molecule has 16 heavy (non-hydrogen) atoms. The van der Waals surface area contributed by atoms with E-state index in [9.17, 15) is 5.11 Å². The number of hydrogen-bond acceptors (Lipinski definition) is 4. The number of ether oxygens (including phenoxy) is 1. The van der Waals surface area contributed by atoms with Gasteiger partial charge in [-0.05, 0) is 25.5 Å². The molecule has 4 nitrogen and oxygen atoms in total. The average molecular weight is 224 g/mol. The van der Waals surface area contributed by atoms with E-state index in [2.05, 4.69) is 5.32 Å². The van der Waals surface area contributed by atoms with Gasteiger partial charge in [-0.15, -0.1) is 0 Å². The van der Waals surface area contributed by atoms with Crippen LogP contribution in [0.4, 0.5) is 11.4 Å². The van der Waals surface area contributed by atoms with Crippen LogP contribution in [0.3, 0.4) is 0 Å².